The molecule has 1 fully saturated rings. The van der Waals surface area contributed by atoms with Gasteiger partial charge in [-0.2, -0.15) is 0 Å². The summed E-state index contributed by atoms with van der Waals surface area (Å²) >= 11 is 0. The van der Waals surface area contributed by atoms with Crippen LogP contribution in [-0.2, 0) is 13.1 Å². The number of halogens is 1. The Bertz CT molecular complexity index is 1610. The molecule has 5 N–H and O–H groups in total. The van der Waals surface area contributed by atoms with Crippen LogP contribution in [0.2, 0.25) is 0 Å². The van der Waals surface area contributed by atoms with Crippen LogP contribution in [0.4, 0.5) is 10.1 Å². The molecular formula is C28H27FN6O. The molecule has 0 bridgehead atoms. The third kappa shape index (κ3) is 4.25. The van der Waals surface area contributed by atoms with Crippen molar-refractivity contribution in [3.8, 4) is 11.4 Å². The molecule has 0 aliphatic carbocycles. The second-order valence-corrected chi connectivity index (χ2v) is 9.43. The lowest BCUT2D eigenvalue weighted by Gasteiger charge is -2.17. The zero-order valence-corrected chi connectivity index (χ0v) is 19.7. The van der Waals surface area contributed by atoms with E-state index in [1.807, 2.05) is 24.3 Å². The van der Waals surface area contributed by atoms with E-state index in [1.54, 1.807) is 6.07 Å². The van der Waals surface area contributed by atoms with Gasteiger partial charge in [0.15, 0.2) is 0 Å². The van der Waals surface area contributed by atoms with Gasteiger partial charge in [0.2, 0.25) is 0 Å². The van der Waals surface area contributed by atoms with E-state index in [0.717, 1.165) is 49.2 Å². The van der Waals surface area contributed by atoms with Crippen LogP contribution in [0.5, 0.6) is 0 Å². The molecule has 0 unspecified atom stereocenters. The molecule has 3 heterocycles. The number of imidazole rings is 1. The lowest BCUT2D eigenvalue weighted by atomic mass is 10.1. The van der Waals surface area contributed by atoms with E-state index in [1.165, 1.54) is 17.7 Å². The van der Waals surface area contributed by atoms with Gasteiger partial charge in [-0.25, -0.2) is 9.37 Å². The number of nitrogens with zero attached hydrogens (tertiary/aromatic N) is 2. The lowest BCUT2D eigenvalue weighted by molar-refractivity contribution is 0.320. The molecule has 2 aromatic heterocycles. The molecule has 0 saturated carbocycles. The van der Waals surface area contributed by atoms with Gasteiger partial charge in [0, 0.05) is 32.2 Å². The molecule has 0 amide bonds. The zero-order valence-electron chi connectivity index (χ0n) is 19.7. The average molecular weight is 483 g/mol. The highest BCUT2D eigenvalue weighted by Crippen LogP contribution is 2.30. The van der Waals surface area contributed by atoms with Crippen molar-refractivity contribution in [1.82, 2.24) is 25.2 Å². The molecule has 3 aromatic carbocycles. The van der Waals surface area contributed by atoms with Gasteiger partial charge in [-0.3, -0.25) is 9.69 Å². The van der Waals surface area contributed by atoms with Crippen molar-refractivity contribution in [2.24, 2.45) is 0 Å². The first-order chi connectivity index (χ1) is 17.5. The van der Waals surface area contributed by atoms with E-state index in [-0.39, 0.29) is 16.6 Å². The van der Waals surface area contributed by atoms with E-state index in [4.69, 9.17) is 5.73 Å². The van der Waals surface area contributed by atoms with E-state index in [2.05, 4.69) is 49.4 Å². The molecule has 6 rings (SSSR count). The SMILES string of the molecule is Nc1c(-c2nc3ccc(CN[C@@H]4CCN(Cc5ccccc5)C4)cc3[nH]2)c(=O)[nH]c2cccc(F)c12. The molecule has 1 atom stereocenters. The molecule has 1 aliphatic heterocycles. The maximum atomic E-state index is 14.4. The monoisotopic (exact) mass is 482 g/mol. The summed E-state index contributed by atoms with van der Waals surface area (Å²) in [6.07, 6.45) is 1.11. The van der Waals surface area contributed by atoms with Crippen LogP contribution in [0.1, 0.15) is 17.5 Å². The third-order valence-corrected chi connectivity index (χ3v) is 6.93. The standard InChI is InChI=1S/C28H27FN6O/c29-20-7-4-8-22-24(20)26(30)25(28(36)34-22)27-32-21-10-9-18(13-23(21)33-27)14-31-19-11-12-35(16-19)15-17-5-2-1-3-6-17/h1-10,13,19,31H,11-12,14-16H2,(H,32,33)(H3,30,34,36)/t19-/m1/s1. The van der Waals surface area contributed by atoms with Crippen LogP contribution in [0.25, 0.3) is 33.3 Å². The van der Waals surface area contributed by atoms with Crippen LogP contribution in [-0.4, -0.2) is 39.0 Å². The zero-order chi connectivity index (χ0) is 24.6. The number of benzene rings is 3. The first kappa shape index (κ1) is 22.5. The number of nitrogen functional groups attached to an aromatic ring is 1. The smallest absolute Gasteiger partial charge is 0.261 e. The minimum Gasteiger partial charge on any atom is -0.397 e. The fraction of sp³-hybridized carbons (Fsp3) is 0.214. The quantitative estimate of drug-likeness (QED) is 0.291. The summed E-state index contributed by atoms with van der Waals surface area (Å²) in [5.74, 6) is -0.160. The number of nitrogens with one attached hydrogen (secondary N) is 3. The summed E-state index contributed by atoms with van der Waals surface area (Å²) in [5, 5.41) is 3.86. The number of aromatic nitrogens is 3. The molecular weight excluding hydrogens is 455 g/mol. The van der Waals surface area contributed by atoms with Gasteiger partial charge in [-0.05, 0) is 41.8 Å². The number of aromatic amines is 2. The van der Waals surface area contributed by atoms with Crippen LogP contribution in [0.3, 0.4) is 0 Å². The second-order valence-electron chi connectivity index (χ2n) is 9.43. The minimum absolute atomic E-state index is 0.0779. The highest BCUT2D eigenvalue weighted by atomic mass is 19.1. The number of fused-ring (bicyclic) bond motifs is 2. The summed E-state index contributed by atoms with van der Waals surface area (Å²) in [6, 6.07) is 21.5. The number of nitrogens with two attached hydrogens (primary N) is 1. The van der Waals surface area contributed by atoms with Gasteiger partial charge in [0.05, 0.1) is 27.6 Å². The minimum atomic E-state index is -0.485. The molecule has 8 heteroatoms. The maximum absolute atomic E-state index is 14.4. The van der Waals surface area contributed by atoms with Crippen LogP contribution >= 0.6 is 0 Å². The molecule has 0 spiro atoms. The van der Waals surface area contributed by atoms with Gasteiger partial charge in [-0.15, -0.1) is 0 Å². The molecule has 36 heavy (non-hydrogen) atoms. The Morgan fingerprint density at radius 1 is 1.03 bits per heavy atom. The number of rotatable bonds is 6. The number of hydrogen-bond donors (Lipinski definition) is 4. The van der Waals surface area contributed by atoms with E-state index in [9.17, 15) is 9.18 Å². The van der Waals surface area contributed by atoms with Gasteiger partial charge in [0.1, 0.15) is 17.2 Å². The van der Waals surface area contributed by atoms with Crippen LogP contribution in [0.15, 0.2) is 71.5 Å². The highest BCUT2D eigenvalue weighted by Gasteiger charge is 2.22. The molecule has 7 nitrogen and oxygen atoms in total. The van der Waals surface area contributed by atoms with Crippen molar-refractivity contribution in [2.45, 2.75) is 25.6 Å². The maximum Gasteiger partial charge on any atom is 0.261 e. The van der Waals surface area contributed by atoms with Crippen LogP contribution in [0, 0.1) is 5.82 Å². The summed E-state index contributed by atoms with van der Waals surface area (Å²) in [4.78, 5) is 25.7. The lowest BCUT2D eigenvalue weighted by Crippen LogP contribution is -2.31. The fourth-order valence-electron chi connectivity index (χ4n) is 5.10. The van der Waals surface area contributed by atoms with Crippen molar-refractivity contribution in [1.29, 1.82) is 0 Å². The van der Waals surface area contributed by atoms with Crippen molar-refractivity contribution >= 4 is 27.6 Å². The Balaban J connectivity index is 1.18. The van der Waals surface area contributed by atoms with Gasteiger partial charge >= 0.3 is 0 Å². The largest absolute Gasteiger partial charge is 0.397 e. The first-order valence-electron chi connectivity index (χ1n) is 12.1. The molecule has 1 saturated heterocycles. The number of anilines is 1. The Morgan fingerprint density at radius 3 is 2.75 bits per heavy atom. The number of H-pyrrole nitrogens is 2. The first-order valence-corrected chi connectivity index (χ1v) is 12.1. The van der Waals surface area contributed by atoms with Gasteiger partial charge in [-0.1, -0.05) is 42.5 Å². The van der Waals surface area contributed by atoms with E-state index < -0.39 is 11.4 Å². The normalized spacial score (nSPS) is 16.3. The average Bonchev–Trinajstić information content (AvgIpc) is 3.49. The van der Waals surface area contributed by atoms with Crippen molar-refractivity contribution < 1.29 is 4.39 Å². The Morgan fingerprint density at radius 2 is 1.89 bits per heavy atom. The molecule has 1 aliphatic rings. The predicted molar refractivity (Wildman–Crippen MR) is 141 cm³/mol. The third-order valence-electron chi connectivity index (χ3n) is 6.93. The topological polar surface area (TPSA) is 103 Å². The van der Waals surface area contributed by atoms with E-state index in [0.29, 0.717) is 17.4 Å². The van der Waals surface area contributed by atoms with Crippen molar-refractivity contribution in [3.63, 3.8) is 0 Å². The fourth-order valence-corrected chi connectivity index (χ4v) is 5.10. The molecule has 5 aromatic rings. The Hall–Kier alpha value is -4.01. The number of pyridine rings is 1. The second kappa shape index (κ2) is 9.22. The summed E-state index contributed by atoms with van der Waals surface area (Å²) in [7, 11) is 0. The predicted octanol–water partition coefficient (Wildman–Crippen LogP) is 4.16. The highest BCUT2D eigenvalue weighted by molar-refractivity contribution is 5.98. The van der Waals surface area contributed by atoms with E-state index >= 15 is 0 Å². The van der Waals surface area contributed by atoms with Crippen LogP contribution < -0.4 is 16.6 Å². The Labute approximate surface area is 207 Å². The van der Waals surface area contributed by atoms with Gasteiger partial charge < -0.3 is 21.0 Å². The summed E-state index contributed by atoms with van der Waals surface area (Å²) in [5.41, 5.74) is 10.4. The molecule has 182 valence electrons. The summed E-state index contributed by atoms with van der Waals surface area (Å²) in [6.45, 7) is 3.81. The van der Waals surface area contributed by atoms with Crippen molar-refractivity contribution in [2.75, 3.05) is 18.8 Å². The van der Waals surface area contributed by atoms with Crippen molar-refractivity contribution in [3.05, 3.63) is 94.0 Å². The molecule has 0 radical (unpaired) electrons. The number of hydrogen-bond acceptors (Lipinski definition) is 5. The summed E-state index contributed by atoms with van der Waals surface area (Å²) < 4.78 is 14.4. The van der Waals surface area contributed by atoms with Gasteiger partial charge in [0.25, 0.3) is 5.56 Å². The Kier molecular flexibility index (Phi) is 5.75. The number of likely N-dealkylation sites (tertiary alicyclic amines) is 1.